The van der Waals surface area contributed by atoms with Crippen molar-refractivity contribution in [3.05, 3.63) is 77.6 Å². The first-order chi connectivity index (χ1) is 15.2. The monoisotopic (exact) mass is 414 g/mol. The normalized spacial score (nSPS) is 16.2. The number of aromatic nitrogens is 2. The summed E-state index contributed by atoms with van der Waals surface area (Å²) in [5.74, 6) is 0.150. The van der Waals surface area contributed by atoms with Gasteiger partial charge in [-0.3, -0.25) is 9.59 Å². The molecule has 0 spiro atoms. The van der Waals surface area contributed by atoms with E-state index in [-0.39, 0.29) is 11.8 Å². The van der Waals surface area contributed by atoms with Crippen molar-refractivity contribution in [1.82, 2.24) is 14.7 Å². The molecule has 1 saturated carbocycles. The van der Waals surface area contributed by atoms with Gasteiger partial charge in [-0.05, 0) is 62.4 Å². The highest BCUT2D eigenvalue weighted by Crippen LogP contribution is 2.39. The topological polar surface area (TPSA) is 67.2 Å². The maximum absolute atomic E-state index is 13.3. The third kappa shape index (κ3) is 4.10. The van der Waals surface area contributed by atoms with E-state index in [9.17, 15) is 9.59 Å². The Morgan fingerprint density at radius 1 is 0.903 bits per heavy atom. The second-order valence-electron chi connectivity index (χ2n) is 8.33. The van der Waals surface area contributed by atoms with Gasteiger partial charge in [-0.1, -0.05) is 30.3 Å². The summed E-state index contributed by atoms with van der Waals surface area (Å²) in [5, 5.41) is 7.70. The van der Waals surface area contributed by atoms with Gasteiger partial charge >= 0.3 is 0 Å². The van der Waals surface area contributed by atoms with Crippen LogP contribution in [0.1, 0.15) is 64.6 Å². The van der Waals surface area contributed by atoms with Crippen LogP contribution < -0.4 is 5.32 Å². The molecule has 6 heteroatoms. The van der Waals surface area contributed by atoms with Crippen molar-refractivity contribution < 1.29 is 9.59 Å². The molecule has 6 nitrogen and oxygen atoms in total. The zero-order chi connectivity index (χ0) is 21.2. The average molecular weight is 415 g/mol. The Morgan fingerprint density at radius 2 is 1.61 bits per heavy atom. The Kier molecular flexibility index (Phi) is 5.28. The molecule has 2 fully saturated rings. The van der Waals surface area contributed by atoms with E-state index in [4.69, 9.17) is 5.10 Å². The highest BCUT2D eigenvalue weighted by molar-refractivity contribution is 6.08. The molecule has 2 heterocycles. The molecule has 2 aromatic carbocycles. The molecule has 0 bridgehead atoms. The lowest BCUT2D eigenvalue weighted by molar-refractivity contribution is 0.0725. The van der Waals surface area contributed by atoms with Crippen LogP contribution in [0.5, 0.6) is 0 Å². The standard InChI is InChI=1S/C25H26N4O2/c30-24(23-17-22(18-13-14-18)27-29(23)19-9-3-1-4-10-19)26-21-12-6-5-11-20(21)25(31)28-15-7-2-8-16-28/h1,3-6,9-12,17-18H,2,7-8,13-16H2,(H,26,30). The number of para-hydroxylation sites is 2. The molecule has 1 aliphatic carbocycles. The number of carbonyl (C=O) groups excluding carboxylic acids is 2. The SMILES string of the molecule is O=C(Nc1ccccc1C(=O)N1CCCCC1)c1cc(C2CC2)nn1-c1ccccc1. The minimum Gasteiger partial charge on any atom is -0.339 e. The van der Waals surface area contributed by atoms with Crippen molar-refractivity contribution >= 4 is 17.5 Å². The summed E-state index contributed by atoms with van der Waals surface area (Å²) in [6, 6.07) is 18.8. The molecule has 0 radical (unpaired) electrons. The fraction of sp³-hybridized carbons (Fsp3) is 0.320. The number of likely N-dealkylation sites (tertiary alicyclic amines) is 1. The Labute approximate surface area is 181 Å². The van der Waals surface area contributed by atoms with E-state index < -0.39 is 0 Å². The van der Waals surface area contributed by atoms with E-state index in [1.807, 2.05) is 53.4 Å². The Hall–Kier alpha value is -3.41. The van der Waals surface area contributed by atoms with E-state index in [1.54, 1.807) is 16.8 Å². The molecular weight excluding hydrogens is 388 g/mol. The van der Waals surface area contributed by atoms with Crippen molar-refractivity contribution in [2.24, 2.45) is 0 Å². The summed E-state index contributed by atoms with van der Waals surface area (Å²) in [6.45, 7) is 1.54. The molecule has 1 aromatic heterocycles. The third-order valence-corrected chi connectivity index (χ3v) is 6.01. The van der Waals surface area contributed by atoms with Crippen LogP contribution in [0.25, 0.3) is 5.69 Å². The van der Waals surface area contributed by atoms with Crippen LogP contribution in [0.4, 0.5) is 5.69 Å². The summed E-state index contributed by atoms with van der Waals surface area (Å²) >= 11 is 0. The summed E-state index contributed by atoms with van der Waals surface area (Å²) in [7, 11) is 0. The van der Waals surface area contributed by atoms with E-state index in [2.05, 4.69) is 5.32 Å². The van der Waals surface area contributed by atoms with Crippen LogP contribution in [0, 0.1) is 0 Å². The van der Waals surface area contributed by atoms with Gasteiger partial charge in [0.05, 0.1) is 22.6 Å². The van der Waals surface area contributed by atoms with Crippen molar-refractivity contribution in [3.63, 3.8) is 0 Å². The van der Waals surface area contributed by atoms with Crippen LogP contribution in [0.3, 0.4) is 0 Å². The number of piperidine rings is 1. The minimum atomic E-state index is -0.262. The van der Waals surface area contributed by atoms with Gasteiger partial charge < -0.3 is 10.2 Å². The quantitative estimate of drug-likeness (QED) is 0.662. The smallest absolute Gasteiger partial charge is 0.274 e. The van der Waals surface area contributed by atoms with Crippen LogP contribution in [-0.2, 0) is 0 Å². The molecule has 5 rings (SSSR count). The number of anilines is 1. The molecule has 31 heavy (non-hydrogen) atoms. The number of carbonyl (C=O) groups is 2. The first-order valence-corrected chi connectivity index (χ1v) is 11.1. The van der Waals surface area contributed by atoms with E-state index in [1.165, 1.54) is 0 Å². The molecule has 158 valence electrons. The molecule has 2 amide bonds. The second-order valence-corrected chi connectivity index (χ2v) is 8.33. The van der Waals surface area contributed by atoms with Gasteiger partial charge in [-0.25, -0.2) is 4.68 Å². The molecule has 1 saturated heterocycles. The van der Waals surface area contributed by atoms with Gasteiger partial charge in [0.1, 0.15) is 5.69 Å². The van der Waals surface area contributed by atoms with Crippen molar-refractivity contribution in [2.45, 2.75) is 38.0 Å². The number of benzene rings is 2. The van der Waals surface area contributed by atoms with Crippen molar-refractivity contribution in [1.29, 1.82) is 0 Å². The minimum absolute atomic E-state index is 0.0224. The highest BCUT2D eigenvalue weighted by atomic mass is 16.2. The predicted molar refractivity (Wildman–Crippen MR) is 120 cm³/mol. The first-order valence-electron chi connectivity index (χ1n) is 11.1. The lowest BCUT2D eigenvalue weighted by Gasteiger charge is -2.27. The lowest BCUT2D eigenvalue weighted by atomic mass is 10.1. The van der Waals surface area contributed by atoms with Gasteiger partial charge in [-0.15, -0.1) is 0 Å². The Morgan fingerprint density at radius 3 is 2.35 bits per heavy atom. The largest absolute Gasteiger partial charge is 0.339 e. The number of hydrogen-bond donors (Lipinski definition) is 1. The van der Waals surface area contributed by atoms with Gasteiger partial charge in [0.15, 0.2) is 0 Å². The highest BCUT2D eigenvalue weighted by Gasteiger charge is 2.29. The molecule has 2 aliphatic rings. The van der Waals surface area contributed by atoms with E-state index >= 15 is 0 Å². The molecule has 1 aliphatic heterocycles. The molecule has 1 N–H and O–H groups in total. The number of nitrogens with zero attached hydrogens (tertiary/aromatic N) is 3. The van der Waals surface area contributed by atoms with Crippen LogP contribution >= 0.6 is 0 Å². The van der Waals surface area contributed by atoms with Crippen LogP contribution in [0.15, 0.2) is 60.7 Å². The van der Waals surface area contributed by atoms with Crippen molar-refractivity contribution in [3.8, 4) is 5.69 Å². The third-order valence-electron chi connectivity index (χ3n) is 6.01. The average Bonchev–Trinajstić information content (AvgIpc) is 3.58. The first kappa shape index (κ1) is 19.5. The van der Waals surface area contributed by atoms with Crippen LogP contribution in [0.2, 0.25) is 0 Å². The predicted octanol–water partition coefficient (Wildman–Crippen LogP) is 4.63. The fourth-order valence-corrected chi connectivity index (χ4v) is 4.14. The summed E-state index contributed by atoms with van der Waals surface area (Å²) < 4.78 is 1.71. The summed E-state index contributed by atoms with van der Waals surface area (Å²) in [4.78, 5) is 28.3. The maximum atomic E-state index is 13.3. The summed E-state index contributed by atoms with van der Waals surface area (Å²) in [6.07, 6.45) is 5.44. The number of amides is 2. The van der Waals surface area contributed by atoms with Gasteiger partial charge in [0, 0.05) is 19.0 Å². The number of nitrogens with one attached hydrogen (secondary N) is 1. The summed E-state index contributed by atoms with van der Waals surface area (Å²) in [5.41, 5.74) is 3.35. The molecular formula is C25H26N4O2. The Balaban J connectivity index is 1.44. The van der Waals surface area contributed by atoms with Crippen LogP contribution in [-0.4, -0.2) is 39.6 Å². The lowest BCUT2D eigenvalue weighted by Crippen LogP contribution is -2.36. The Bertz CT molecular complexity index is 1100. The number of hydrogen-bond acceptors (Lipinski definition) is 3. The maximum Gasteiger partial charge on any atom is 0.274 e. The van der Waals surface area contributed by atoms with Gasteiger partial charge in [0.25, 0.3) is 11.8 Å². The van der Waals surface area contributed by atoms with Crippen molar-refractivity contribution in [2.75, 3.05) is 18.4 Å². The van der Waals surface area contributed by atoms with Gasteiger partial charge in [-0.2, -0.15) is 5.10 Å². The van der Waals surface area contributed by atoms with E-state index in [0.29, 0.717) is 22.9 Å². The number of rotatable bonds is 5. The van der Waals surface area contributed by atoms with E-state index in [0.717, 1.165) is 56.6 Å². The zero-order valence-electron chi connectivity index (χ0n) is 17.5. The zero-order valence-corrected chi connectivity index (χ0v) is 17.5. The second kappa shape index (κ2) is 8.38. The van der Waals surface area contributed by atoms with Gasteiger partial charge in [0.2, 0.25) is 0 Å². The molecule has 3 aromatic rings. The molecule has 0 unspecified atom stereocenters. The molecule has 0 atom stereocenters. The fourth-order valence-electron chi connectivity index (χ4n) is 4.14.